The molecule has 3 unspecified atom stereocenters. The van der Waals surface area contributed by atoms with Gasteiger partial charge in [0.25, 0.3) is 0 Å². The Morgan fingerprint density at radius 2 is 2.38 bits per heavy atom. The predicted molar refractivity (Wildman–Crippen MR) is 78.4 cm³/mol. The lowest BCUT2D eigenvalue weighted by molar-refractivity contribution is -0.128. The molecule has 1 amide bonds. The summed E-state index contributed by atoms with van der Waals surface area (Å²) in [5.74, 6) is 0.975. The molecule has 21 heavy (non-hydrogen) atoms. The summed E-state index contributed by atoms with van der Waals surface area (Å²) in [4.78, 5) is 25.5. The van der Waals surface area contributed by atoms with E-state index in [0.29, 0.717) is 24.3 Å². The number of nitrogens with zero attached hydrogens (tertiary/aromatic N) is 3. The van der Waals surface area contributed by atoms with E-state index in [1.807, 2.05) is 12.4 Å². The summed E-state index contributed by atoms with van der Waals surface area (Å²) < 4.78 is 0. The van der Waals surface area contributed by atoms with Crippen LogP contribution in [0, 0.1) is 5.92 Å². The molecule has 6 heteroatoms. The van der Waals surface area contributed by atoms with Crippen molar-refractivity contribution in [1.29, 1.82) is 0 Å². The summed E-state index contributed by atoms with van der Waals surface area (Å²) in [5, 5.41) is 4.54. The number of rotatable bonds is 4. The van der Waals surface area contributed by atoms with Crippen molar-refractivity contribution >= 4 is 16.9 Å². The van der Waals surface area contributed by atoms with Gasteiger partial charge in [-0.1, -0.05) is 6.92 Å². The maximum absolute atomic E-state index is 12.0. The zero-order chi connectivity index (χ0) is 14.4. The van der Waals surface area contributed by atoms with Crippen molar-refractivity contribution in [2.24, 2.45) is 5.92 Å². The van der Waals surface area contributed by atoms with Gasteiger partial charge in [0.15, 0.2) is 0 Å². The summed E-state index contributed by atoms with van der Waals surface area (Å²) >= 11 is 0. The first kappa shape index (κ1) is 12.8. The molecule has 0 radical (unpaired) electrons. The van der Waals surface area contributed by atoms with Crippen molar-refractivity contribution in [3.05, 3.63) is 24.3 Å². The van der Waals surface area contributed by atoms with E-state index in [0.717, 1.165) is 36.1 Å². The number of carbonyl (C=O) groups is 1. The molecule has 3 heterocycles. The van der Waals surface area contributed by atoms with Crippen LogP contribution in [0.25, 0.3) is 11.0 Å². The zero-order valence-electron chi connectivity index (χ0n) is 12.0. The summed E-state index contributed by atoms with van der Waals surface area (Å²) in [6.07, 6.45) is 7.11. The molecule has 110 valence electrons. The van der Waals surface area contributed by atoms with E-state index in [9.17, 15) is 4.79 Å². The van der Waals surface area contributed by atoms with Gasteiger partial charge in [-0.05, 0) is 17.9 Å². The highest BCUT2D eigenvalue weighted by molar-refractivity contribution is 5.80. The maximum Gasteiger partial charge on any atom is 0.224 e. The first-order valence-electron chi connectivity index (χ1n) is 7.51. The molecule has 0 bridgehead atoms. The van der Waals surface area contributed by atoms with Gasteiger partial charge in [-0.2, -0.15) is 0 Å². The van der Waals surface area contributed by atoms with Crippen LogP contribution in [-0.4, -0.2) is 44.4 Å². The molecule has 2 aliphatic rings. The van der Waals surface area contributed by atoms with Crippen LogP contribution in [0.2, 0.25) is 0 Å². The summed E-state index contributed by atoms with van der Waals surface area (Å²) in [5.41, 5.74) is 2.01. The molecule has 0 spiro atoms. The molecule has 2 aromatic rings. The van der Waals surface area contributed by atoms with E-state index >= 15 is 0 Å². The predicted octanol–water partition coefficient (Wildman–Crippen LogP) is 1.06. The van der Waals surface area contributed by atoms with Gasteiger partial charge in [0, 0.05) is 49.4 Å². The molecule has 6 nitrogen and oxygen atoms in total. The third kappa shape index (κ3) is 2.29. The second kappa shape index (κ2) is 4.80. The second-order valence-corrected chi connectivity index (χ2v) is 6.21. The Morgan fingerprint density at radius 3 is 3.19 bits per heavy atom. The topological polar surface area (TPSA) is 73.9 Å². The van der Waals surface area contributed by atoms with Crippen LogP contribution in [0.4, 0.5) is 0 Å². The average molecular weight is 285 g/mol. The standard InChI is InChI=1S/C15H19N5O/c1-9-2-13(9)20-7-11(3-14(20)21)17-4-10-5-18-15-12(10)6-16-8-19-15/h5-6,8-9,11,13,17H,2-4,7H2,1H3,(H,16,18,19). The maximum atomic E-state index is 12.0. The molecular formula is C15H19N5O. The third-order valence-electron chi connectivity index (χ3n) is 4.65. The molecule has 2 N–H and O–H groups in total. The van der Waals surface area contributed by atoms with Gasteiger partial charge in [0.1, 0.15) is 12.0 Å². The van der Waals surface area contributed by atoms with Gasteiger partial charge >= 0.3 is 0 Å². The lowest BCUT2D eigenvalue weighted by Gasteiger charge is -2.16. The highest BCUT2D eigenvalue weighted by Crippen LogP contribution is 2.37. The first-order valence-corrected chi connectivity index (χ1v) is 7.51. The van der Waals surface area contributed by atoms with Crippen molar-refractivity contribution in [2.75, 3.05) is 6.54 Å². The van der Waals surface area contributed by atoms with Crippen LogP contribution in [0.15, 0.2) is 18.7 Å². The monoisotopic (exact) mass is 285 g/mol. The Hall–Kier alpha value is -1.95. The van der Waals surface area contributed by atoms with E-state index in [1.54, 1.807) is 6.33 Å². The molecule has 2 fully saturated rings. The fraction of sp³-hybridized carbons (Fsp3) is 0.533. The van der Waals surface area contributed by atoms with Crippen LogP contribution < -0.4 is 5.32 Å². The minimum absolute atomic E-state index is 0.250. The van der Waals surface area contributed by atoms with Gasteiger partial charge in [-0.15, -0.1) is 0 Å². The van der Waals surface area contributed by atoms with Crippen LogP contribution >= 0.6 is 0 Å². The molecule has 1 saturated carbocycles. The molecule has 2 aromatic heterocycles. The van der Waals surface area contributed by atoms with Crippen molar-refractivity contribution in [3.8, 4) is 0 Å². The number of fused-ring (bicyclic) bond motifs is 1. The van der Waals surface area contributed by atoms with Crippen LogP contribution in [0.5, 0.6) is 0 Å². The van der Waals surface area contributed by atoms with Gasteiger partial charge < -0.3 is 15.2 Å². The van der Waals surface area contributed by atoms with Crippen LogP contribution in [0.1, 0.15) is 25.3 Å². The van der Waals surface area contributed by atoms with Crippen LogP contribution in [-0.2, 0) is 11.3 Å². The smallest absolute Gasteiger partial charge is 0.224 e. The second-order valence-electron chi connectivity index (χ2n) is 6.21. The number of likely N-dealkylation sites (tertiary alicyclic amines) is 1. The number of nitrogens with one attached hydrogen (secondary N) is 2. The average Bonchev–Trinajstić information content (AvgIpc) is 2.92. The van der Waals surface area contributed by atoms with E-state index < -0.39 is 0 Å². The molecule has 1 aliphatic heterocycles. The summed E-state index contributed by atoms with van der Waals surface area (Å²) in [6, 6.07) is 0.741. The highest BCUT2D eigenvalue weighted by atomic mass is 16.2. The number of aromatic nitrogens is 3. The lowest BCUT2D eigenvalue weighted by Crippen LogP contribution is -2.33. The van der Waals surface area contributed by atoms with E-state index in [-0.39, 0.29) is 6.04 Å². The lowest BCUT2D eigenvalue weighted by atomic mass is 10.2. The Kier molecular flexibility index (Phi) is 2.92. The summed E-state index contributed by atoms with van der Waals surface area (Å²) in [6.45, 7) is 3.79. The minimum Gasteiger partial charge on any atom is -0.346 e. The number of amides is 1. The Bertz CT molecular complexity index is 682. The zero-order valence-corrected chi connectivity index (χ0v) is 12.0. The van der Waals surface area contributed by atoms with Gasteiger partial charge in [0.05, 0.1) is 0 Å². The Balaban J connectivity index is 1.40. The van der Waals surface area contributed by atoms with Crippen molar-refractivity contribution < 1.29 is 4.79 Å². The molecule has 1 saturated heterocycles. The summed E-state index contributed by atoms with van der Waals surface area (Å²) in [7, 11) is 0. The molecule has 1 aliphatic carbocycles. The molecule has 4 rings (SSSR count). The Morgan fingerprint density at radius 1 is 1.52 bits per heavy atom. The first-order chi connectivity index (χ1) is 10.2. The Labute approximate surface area is 123 Å². The van der Waals surface area contributed by atoms with Crippen molar-refractivity contribution in [1.82, 2.24) is 25.2 Å². The number of hydrogen-bond acceptors (Lipinski definition) is 4. The van der Waals surface area contributed by atoms with E-state index in [1.165, 1.54) is 0 Å². The van der Waals surface area contributed by atoms with Gasteiger partial charge in [-0.25, -0.2) is 9.97 Å². The SMILES string of the molecule is CC1CC1N1CC(NCc2c[nH]c3ncncc23)CC1=O. The normalized spacial score (nSPS) is 28.5. The van der Waals surface area contributed by atoms with Crippen molar-refractivity contribution in [3.63, 3.8) is 0 Å². The molecule has 0 aromatic carbocycles. The fourth-order valence-electron chi connectivity index (χ4n) is 3.24. The number of H-pyrrole nitrogens is 1. The van der Waals surface area contributed by atoms with Crippen molar-refractivity contribution in [2.45, 2.75) is 38.4 Å². The van der Waals surface area contributed by atoms with E-state index in [2.05, 4.69) is 32.1 Å². The van der Waals surface area contributed by atoms with Gasteiger partial charge in [-0.3, -0.25) is 4.79 Å². The van der Waals surface area contributed by atoms with Gasteiger partial charge in [0.2, 0.25) is 5.91 Å². The quantitative estimate of drug-likeness (QED) is 0.881. The minimum atomic E-state index is 0.250. The van der Waals surface area contributed by atoms with E-state index in [4.69, 9.17) is 0 Å². The third-order valence-corrected chi connectivity index (χ3v) is 4.65. The molecule has 3 atom stereocenters. The number of carbonyl (C=O) groups excluding carboxylic acids is 1. The van der Waals surface area contributed by atoms with Crippen LogP contribution in [0.3, 0.4) is 0 Å². The molecular weight excluding hydrogens is 266 g/mol. The largest absolute Gasteiger partial charge is 0.346 e. The highest BCUT2D eigenvalue weighted by Gasteiger charge is 2.44. The number of hydrogen-bond donors (Lipinski definition) is 2. The fourth-order valence-corrected chi connectivity index (χ4v) is 3.24. The number of aromatic amines is 1.